The number of rotatable bonds is 4. The lowest BCUT2D eigenvalue weighted by molar-refractivity contribution is 0.0796. The lowest BCUT2D eigenvalue weighted by Crippen LogP contribution is -2.32. The molecule has 8 heteroatoms. The molecule has 0 aliphatic heterocycles. The number of aromatic nitrogens is 3. The summed E-state index contributed by atoms with van der Waals surface area (Å²) in [6, 6.07) is 1.86. The third kappa shape index (κ3) is 4.06. The third-order valence-electron chi connectivity index (χ3n) is 3.15. The zero-order valence-corrected chi connectivity index (χ0v) is 14.2. The number of carbonyl (C=O) groups excluding carboxylic acids is 1. The number of halogens is 2. The van der Waals surface area contributed by atoms with E-state index < -0.39 is 0 Å². The Labute approximate surface area is 136 Å². The van der Waals surface area contributed by atoms with Gasteiger partial charge in [-0.2, -0.15) is 5.10 Å². The molecule has 2 rings (SSSR count). The van der Waals surface area contributed by atoms with Crippen LogP contribution in [0.3, 0.4) is 0 Å². The molecule has 0 aliphatic rings. The van der Waals surface area contributed by atoms with Gasteiger partial charge in [0.05, 0.1) is 11.3 Å². The summed E-state index contributed by atoms with van der Waals surface area (Å²) in [5, 5.41) is 8.25. The number of aryl methyl sites for hydroxylation is 2. The molecule has 2 aromatic heterocycles. The van der Waals surface area contributed by atoms with Crippen molar-refractivity contribution in [1.82, 2.24) is 25.0 Å². The van der Waals surface area contributed by atoms with Crippen LogP contribution >= 0.6 is 24.8 Å². The van der Waals surface area contributed by atoms with Crippen molar-refractivity contribution < 1.29 is 4.79 Å². The fourth-order valence-corrected chi connectivity index (χ4v) is 2.03. The van der Waals surface area contributed by atoms with Gasteiger partial charge >= 0.3 is 0 Å². The van der Waals surface area contributed by atoms with Gasteiger partial charge in [0.2, 0.25) is 0 Å². The van der Waals surface area contributed by atoms with Gasteiger partial charge in [0.1, 0.15) is 0 Å². The van der Waals surface area contributed by atoms with Crippen molar-refractivity contribution >= 4 is 41.8 Å². The standard InChI is InChI=1S/C13H19N5O.2ClH/c1-9-11-7-10(8-15-12(11)18(4)16-9)13(19)17(3)6-5-14-2;;/h7-8,14H,5-6H2,1-4H3;2*1H. The number of carbonyl (C=O) groups is 1. The molecular weight excluding hydrogens is 313 g/mol. The summed E-state index contributed by atoms with van der Waals surface area (Å²) in [5.74, 6) is -0.0205. The maximum absolute atomic E-state index is 12.2. The lowest BCUT2D eigenvalue weighted by Gasteiger charge is -2.16. The highest BCUT2D eigenvalue weighted by Gasteiger charge is 2.14. The second-order valence-electron chi connectivity index (χ2n) is 4.63. The average Bonchev–Trinajstić information content (AvgIpc) is 2.70. The summed E-state index contributed by atoms with van der Waals surface area (Å²) >= 11 is 0. The van der Waals surface area contributed by atoms with E-state index in [2.05, 4.69) is 15.4 Å². The molecule has 0 fully saturated rings. The summed E-state index contributed by atoms with van der Waals surface area (Å²) in [6.45, 7) is 3.35. The van der Waals surface area contributed by atoms with Crippen LogP contribution in [-0.2, 0) is 7.05 Å². The van der Waals surface area contributed by atoms with E-state index in [4.69, 9.17) is 0 Å². The van der Waals surface area contributed by atoms with Gasteiger partial charge in [-0.15, -0.1) is 24.8 Å². The van der Waals surface area contributed by atoms with Gasteiger partial charge in [0.15, 0.2) is 5.65 Å². The average molecular weight is 334 g/mol. The molecule has 1 N–H and O–H groups in total. The van der Waals surface area contributed by atoms with E-state index in [1.807, 2.05) is 27.1 Å². The van der Waals surface area contributed by atoms with Crippen LogP contribution < -0.4 is 5.32 Å². The summed E-state index contributed by atoms with van der Waals surface area (Å²) in [4.78, 5) is 18.3. The predicted molar refractivity (Wildman–Crippen MR) is 88.6 cm³/mol. The number of hydrogen-bond donors (Lipinski definition) is 1. The Kier molecular flexibility index (Phi) is 7.63. The van der Waals surface area contributed by atoms with Gasteiger partial charge < -0.3 is 10.2 Å². The Morgan fingerprint density at radius 2 is 2.10 bits per heavy atom. The molecule has 0 atom stereocenters. The molecule has 0 aromatic carbocycles. The molecule has 21 heavy (non-hydrogen) atoms. The van der Waals surface area contributed by atoms with Crippen LogP contribution in [0.25, 0.3) is 11.0 Å². The second-order valence-corrected chi connectivity index (χ2v) is 4.63. The van der Waals surface area contributed by atoms with Crippen LogP contribution in [0.4, 0.5) is 0 Å². The zero-order chi connectivity index (χ0) is 14.0. The zero-order valence-electron chi connectivity index (χ0n) is 12.6. The summed E-state index contributed by atoms with van der Waals surface area (Å²) in [5.41, 5.74) is 2.28. The lowest BCUT2D eigenvalue weighted by atomic mass is 10.2. The largest absolute Gasteiger partial charge is 0.340 e. The first-order valence-electron chi connectivity index (χ1n) is 6.24. The fraction of sp³-hybridized carbons (Fsp3) is 0.462. The van der Waals surface area contributed by atoms with Crippen LogP contribution in [0.1, 0.15) is 16.1 Å². The highest BCUT2D eigenvalue weighted by Crippen LogP contribution is 2.17. The monoisotopic (exact) mass is 333 g/mol. The number of nitrogens with zero attached hydrogens (tertiary/aromatic N) is 4. The van der Waals surface area contributed by atoms with Crippen LogP contribution in [0.2, 0.25) is 0 Å². The molecule has 2 heterocycles. The van der Waals surface area contributed by atoms with Crippen LogP contribution in [0.5, 0.6) is 0 Å². The Hall–Kier alpha value is -1.37. The molecule has 0 unspecified atom stereocenters. The molecule has 2 aromatic rings. The Balaban J connectivity index is 0.00000200. The van der Waals surface area contributed by atoms with E-state index in [1.165, 1.54) is 0 Å². The third-order valence-corrected chi connectivity index (χ3v) is 3.15. The number of nitrogens with one attached hydrogen (secondary N) is 1. The first kappa shape index (κ1) is 19.6. The molecule has 0 saturated heterocycles. The normalized spacial score (nSPS) is 9.90. The van der Waals surface area contributed by atoms with E-state index in [0.29, 0.717) is 12.1 Å². The first-order valence-corrected chi connectivity index (χ1v) is 6.24. The van der Waals surface area contributed by atoms with Crippen molar-refractivity contribution in [2.24, 2.45) is 7.05 Å². The van der Waals surface area contributed by atoms with Crippen molar-refractivity contribution in [3.05, 3.63) is 23.5 Å². The van der Waals surface area contributed by atoms with Crippen molar-refractivity contribution in [1.29, 1.82) is 0 Å². The first-order chi connectivity index (χ1) is 9.04. The topological polar surface area (TPSA) is 63.1 Å². The molecular formula is C13H21Cl2N5O. The molecule has 1 amide bonds. The van der Waals surface area contributed by atoms with Crippen LogP contribution in [-0.4, -0.2) is 52.8 Å². The summed E-state index contributed by atoms with van der Waals surface area (Å²) in [6.07, 6.45) is 1.61. The molecule has 0 radical (unpaired) electrons. The Bertz CT molecular complexity index is 614. The van der Waals surface area contributed by atoms with Gasteiger partial charge in [-0.3, -0.25) is 9.48 Å². The van der Waals surface area contributed by atoms with Crippen LogP contribution in [0, 0.1) is 6.92 Å². The van der Waals surface area contributed by atoms with E-state index in [-0.39, 0.29) is 30.7 Å². The minimum atomic E-state index is -0.0205. The SMILES string of the molecule is CNCCN(C)C(=O)c1cnc2c(c1)c(C)nn2C.Cl.Cl. The maximum Gasteiger partial charge on any atom is 0.255 e. The van der Waals surface area contributed by atoms with Gasteiger partial charge in [0, 0.05) is 38.8 Å². The van der Waals surface area contributed by atoms with Crippen molar-refractivity contribution in [3.63, 3.8) is 0 Å². The highest BCUT2D eigenvalue weighted by atomic mass is 35.5. The predicted octanol–water partition coefficient (Wildman–Crippen LogP) is 1.41. The van der Waals surface area contributed by atoms with E-state index >= 15 is 0 Å². The molecule has 0 saturated carbocycles. The van der Waals surface area contributed by atoms with Gasteiger partial charge in [-0.05, 0) is 20.0 Å². The molecule has 6 nitrogen and oxygen atoms in total. The van der Waals surface area contributed by atoms with Crippen LogP contribution in [0.15, 0.2) is 12.3 Å². The van der Waals surface area contributed by atoms with Gasteiger partial charge in [-0.1, -0.05) is 0 Å². The number of hydrogen-bond acceptors (Lipinski definition) is 4. The maximum atomic E-state index is 12.2. The molecule has 0 bridgehead atoms. The number of amides is 1. The van der Waals surface area contributed by atoms with Gasteiger partial charge in [-0.25, -0.2) is 4.98 Å². The molecule has 118 valence electrons. The fourth-order valence-electron chi connectivity index (χ4n) is 2.03. The quantitative estimate of drug-likeness (QED) is 0.918. The number of likely N-dealkylation sites (N-methyl/N-ethyl adjacent to an activating group) is 2. The van der Waals surface area contributed by atoms with Gasteiger partial charge in [0.25, 0.3) is 5.91 Å². The second kappa shape index (κ2) is 8.17. The molecule has 0 aliphatic carbocycles. The van der Waals surface area contributed by atoms with Crippen molar-refractivity contribution in [3.8, 4) is 0 Å². The van der Waals surface area contributed by atoms with E-state index in [1.54, 1.807) is 22.8 Å². The Morgan fingerprint density at radius 3 is 2.71 bits per heavy atom. The van der Waals surface area contributed by atoms with E-state index in [0.717, 1.165) is 23.3 Å². The van der Waals surface area contributed by atoms with E-state index in [9.17, 15) is 4.79 Å². The number of pyridine rings is 1. The minimum Gasteiger partial charge on any atom is -0.340 e. The summed E-state index contributed by atoms with van der Waals surface area (Å²) < 4.78 is 1.73. The van der Waals surface area contributed by atoms with Crippen molar-refractivity contribution in [2.45, 2.75) is 6.92 Å². The minimum absolute atomic E-state index is 0. The number of fused-ring (bicyclic) bond motifs is 1. The Morgan fingerprint density at radius 1 is 1.43 bits per heavy atom. The highest BCUT2D eigenvalue weighted by molar-refractivity contribution is 5.97. The smallest absolute Gasteiger partial charge is 0.255 e. The summed E-state index contributed by atoms with van der Waals surface area (Å²) in [7, 11) is 5.51. The molecule has 0 spiro atoms. The van der Waals surface area contributed by atoms with Crippen molar-refractivity contribution in [2.75, 3.05) is 27.2 Å².